The molecule has 0 aliphatic rings. The van der Waals surface area contributed by atoms with Crippen LogP contribution in [0.2, 0.25) is 0 Å². The Bertz CT molecular complexity index is 248. The molecule has 0 rings (SSSR count). The minimum absolute atomic E-state index is 0.137. The first-order chi connectivity index (χ1) is 7.29. The van der Waals surface area contributed by atoms with Crippen molar-refractivity contribution < 1.29 is 14.7 Å². The van der Waals surface area contributed by atoms with E-state index in [1.807, 2.05) is 20.8 Å². The van der Waals surface area contributed by atoms with Crippen LogP contribution in [-0.4, -0.2) is 54.2 Å². The Morgan fingerprint density at radius 1 is 1.31 bits per heavy atom. The average molecular weight is 231 g/mol. The Labute approximate surface area is 96.0 Å². The number of amides is 2. The van der Waals surface area contributed by atoms with Gasteiger partial charge in [-0.1, -0.05) is 0 Å². The molecule has 94 valence electrons. The van der Waals surface area contributed by atoms with Gasteiger partial charge in [0, 0.05) is 18.6 Å². The first kappa shape index (κ1) is 14.7. The number of carbonyl (C=O) groups excluding carboxylic acids is 1. The molecule has 6 nitrogen and oxygen atoms in total. The molecule has 0 aromatic rings. The van der Waals surface area contributed by atoms with Crippen molar-refractivity contribution in [3.63, 3.8) is 0 Å². The lowest BCUT2D eigenvalue weighted by Gasteiger charge is -2.33. The summed E-state index contributed by atoms with van der Waals surface area (Å²) in [6.45, 7) is 6.30. The van der Waals surface area contributed by atoms with Crippen molar-refractivity contribution in [2.24, 2.45) is 0 Å². The molecule has 0 aliphatic heterocycles. The average Bonchev–Trinajstić information content (AvgIpc) is 2.10. The Kier molecular flexibility index (Phi) is 5.81. The third-order valence-corrected chi connectivity index (χ3v) is 2.04. The van der Waals surface area contributed by atoms with Crippen LogP contribution in [0.4, 0.5) is 4.79 Å². The molecule has 0 unspecified atom stereocenters. The first-order valence-electron chi connectivity index (χ1n) is 5.21. The predicted molar refractivity (Wildman–Crippen MR) is 61.4 cm³/mol. The maximum atomic E-state index is 11.1. The van der Waals surface area contributed by atoms with Crippen LogP contribution in [0.5, 0.6) is 0 Å². The fourth-order valence-electron chi connectivity index (χ4n) is 1.25. The van der Waals surface area contributed by atoms with Gasteiger partial charge in [-0.3, -0.25) is 4.79 Å². The second-order valence-electron chi connectivity index (χ2n) is 4.49. The number of nitrogens with zero attached hydrogens (tertiary/aromatic N) is 1. The highest BCUT2D eigenvalue weighted by Gasteiger charge is 2.25. The fourth-order valence-corrected chi connectivity index (χ4v) is 1.25. The third kappa shape index (κ3) is 5.55. The Balaban J connectivity index is 4.05. The lowest BCUT2D eigenvalue weighted by atomic mass is 10.1. The molecule has 0 fully saturated rings. The zero-order valence-corrected chi connectivity index (χ0v) is 10.3. The van der Waals surface area contributed by atoms with E-state index in [1.165, 1.54) is 4.90 Å². The number of carbonyl (C=O) groups is 2. The minimum atomic E-state index is -0.977. The molecule has 2 amide bonds. The summed E-state index contributed by atoms with van der Waals surface area (Å²) in [5, 5.41) is 14.3. The minimum Gasteiger partial charge on any atom is -0.465 e. The molecule has 0 radical (unpaired) electrons. The third-order valence-electron chi connectivity index (χ3n) is 2.04. The quantitative estimate of drug-likeness (QED) is 0.627. The molecule has 0 aromatic carbocycles. The van der Waals surface area contributed by atoms with Gasteiger partial charge in [-0.2, -0.15) is 0 Å². The molecule has 0 bridgehead atoms. The lowest BCUT2D eigenvalue weighted by molar-refractivity contribution is -0.120. The van der Waals surface area contributed by atoms with Gasteiger partial charge in [0.05, 0.1) is 6.54 Å². The summed E-state index contributed by atoms with van der Waals surface area (Å²) in [5.41, 5.74) is -0.459. The van der Waals surface area contributed by atoms with E-state index in [1.54, 1.807) is 7.05 Å². The topological polar surface area (TPSA) is 81.7 Å². The van der Waals surface area contributed by atoms with Crippen LogP contribution in [-0.2, 0) is 4.79 Å². The van der Waals surface area contributed by atoms with Crippen LogP contribution in [0.3, 0.4) is 0 Å². The summed E-state index contributed by atoms with van der Waals surface area (Å²) >= 11 is 0. The number of nitrogens with one attached hydrogen (secondary N) is 2. The van der Waals surface area contributed by atoms with E-state index < -0.39 is 11.6 Å². The van der Waals surface area contributed by atoms with Gasteiger partial charge in [0.2, 0.25) is 5.91 Å². The monoisotopic (exact) mass is 231 g/mol. The van der Waals surface area contributed by atoms with Crippen molar-refractivity contribution in [1.29, 1.82) is 0 Å². The summed E-state index contributed by atoms with van der Waals surface area (Å²) in [6.07, 6.45) is -0.977. The van der Waals surface area contributed by atoms with Gasteiger partial charge in [0.25, 0.3) is 0 Å². The summed E-state index contributed by atoms with van der Waals surface area (Å²) < 4.78 is 0. The van der Waals surface area contributed by atoms with Gasteiger partial charge in [-0.15, -0.1) is 0 Å². The second kappa shape index (κ2) is 6.32. The van der Waals surface area contributed by atoms with Gasteiger partial charge < -0.3 is 20.6 Å². The SMILES string of the molecule is CNCC(=O)NCCN(C(=O)O)C(C)(C)C. The predicted octanol–water partition coefficient (Wildman–Crippen LogP) is 0.101. The smallest absolute Gasteiger partial charge is 0.407 e. The highest BCUT2D eigenvalue weighted by Crippen LogP contribution is 2.12. The number of carboxylic acid groups (broad SMARTS) is 1. The van der Waals surface area contributed by atoms with Gasteiger partial charge in [0.15, 0.2) is 0 Å². The van der Waals surface area contributed by atoms with Gasteiger partial charge in [-0.25, -0.2) is 4.79 Å². The van der Waals surface area contributed by atoms with Crippen molar-refractivity contribution >= 4 is 12.0 Å². The molecule has 0 atom stereocenters. The van der Waals surface area contributed by atoms with Crippen LogP contribution in [0.25, 0.3) is 0 Å². The molecule has 0 heterocycles. The zero-order valence-electron chi connectivity index (χ0n) is 10.3. The van der Waals surface area contributed by atoms with E-state index in [9.17, 15) is 9.59 Å². The molecular formula is C10H21N3O3. The lowest BCUT2D eigenvalue weighted by Crippen LogP contribution is -2.48. The summed E-state index contributed by atoms with van der Waals surface area (Å²) in [5.74, 6) is -0.137. The number of likely N-dealkylation sites (N-methyl/N-ethyl adjacent to an activating group) is 1. The molecular weight excluding hydrogens is 210 g/mol. The Morgan fingerprint density at radius 2 is 1.88 bits per heavy atom. The van der Waals surface area contributed by atoms with Crippen molar-refractivity contribution in [1.82, 2.24) is 15.5 Å². The number of hydrogen-bond acceptors (Lipinski definition) is 3. The highest BCUT2D eigenvalue weighted by atomic mass is 16.4. The normalized spacial score (nSPS) is 11.0. The fraction of sp³-hybridized carbons (Fsp3) is 0.800. The van der Waals surface area contributed by atoms with Crippen molar-refractivity contribution in [2.75, 3.05) is 26.7 Å². The first-order valence-corrected chi connectivity index (χ1v) is 5.21. The maximum absolute atomic E-state index is 11.1. The highest BCUT2D eigenvalue weighted by molar-refractivity contribution is 5.78. The van der Waals surface area contributed by atoms with Crippen molar-refractivity contribution in [2.45, 2.75) is 26.3 Å². The van der Waals surface area contributed by atoms with E-state index in [4.69, 9.17) is 5.11 Å². The van der Waals surface area contributed by atoms with E-state index in [0.717, 1.165) is 0 Å². The van der Waals surface area contributed by atoms with Crippen LogP contribution in [0.1, 0.15) is 20.8 Å². The van der Waals surface area contributed by atoms with Crippen LogP contribution in [0, 0.1) is 0 Å². The maximum Gasteiger partial charge on any atom is 0.407 e. The zero-order chi connectivity index (χ0) is 12.8. The standard InChI is InChI=1S/C10H21N3O3/c1-10(2,3)13(9(15)16)6-5-12-8(14)7-11-4/h11H,5-7H2,1-4H3,(H,12,14)(H,15,16). The molecule has 16 heavy (non-hydrogen) atoms. The van der Waals surface area contributed by atoms with Crippen LogP contribution < -0.4 is 10.6 Å². The van der Waals surface area contributed by atoms with E-state index >= 15 is 0 Å². The van der Waals surface area contributed by atoms with Gasteiger partial charge >= 0.3 is 6.09 Å². The molecule has 0 saturated heterocycles. The van der Waals surface area contributed by atoms with E-state index in [0.29, 0.717) is 6.54 Å². The molecule has 0 aromatic heterocycles. The van der Waals surface area contributed by atoms with Crippen LogP contribution in [0.15, 0.2) is 0 Å². The largest absolute Gasteiger partial charge is 0.465 e. The Morgan fingerprint density at radius 3 is 2.25 bits per heavy atom. The van der Waals surface area contributed by atoms with Crippen molar-refractivity contribution in [3.05, 3.63) is 0 Å². The van der Waals surface area contributed by atoms with E-state index in [2.05, 4.69) is 10.6 Å². The molecule has 0 saturated carbocycles. The molecule has 3 N–H and O–H groups in total. The van der Waals surface area contributed by atoms with E-state index in [-0.39, 0.29) is 19.0 Å². The molecule has 6 heteroatoms. The van der Waals surface area contributed by atoms with Gasteiger partial charge in [-0.05, 0) is 27.8 Å². The molecule has 0 spiro atoms. The van der Waals surface area contributed by atoms with Gasteiger partial charge in [0.1, 0.15) is 0 Å². The number of rotatable bonds is 5. The second-order valence-corrected chi connectivity index (χ2v) is 4.49. The Hall–Kier alpha value is -1.30. The van der Waals surface area contributed by atoms with Crippen molar-refractivity contribution in [3.8, 4) is 0 Å². The molecule has 0 aliphatic carbocycles. The summed E-state index contributed by atoms with van der Waals surface area (Å²) in [7, 11) is 1.68. The van der Waals surface area contributed by atoms with Crippen LogP contribution >= 0.6 is 0 Å². The summed E-state index contributed by atoms with van der Waals surface area (Å²) in [4.78, 5) is 23.4. The summed E-state index contributed by atoms with van der Waals surface area (Å²) in [6, 6.07) is 0. The number of hydrogen-bond donors (Lipinski definition) is 3.